The lowest BCUT2D eigenvalue weighted by atomic mass is 10.1. The average Bonchev–Trinajstić information content (AvgIpc) is 2.66. The summed E-state index contributed by atoms with van der Waals surface area (Å²) in [6, 6.07) is 4.01. The molecule has 1 heterocycles. The monoisotopic (exact) mass is 265 g/mol. The third-order valence-electron chi connectivity index (χ3n) is 3.32. The van der Waals surface area contributed by atoms with E-state index >= 15 is 0 Å². The minimum absolute atomic E-state index is 0.106. The zero-order valence-corrected chi connectivity index (χ0v) is 12.1. The largest absolute Gasteiger partial charge is 0.507 e. The van der Waals surface area contributed by atoms with E-state index in [1.807, 2.05) is 39.8 Å². The molecular weight excluding hydrogens is 242 g/mol. The molecule has 1 aliphatic rings. The number of phenolic OH excluding ortho intramolecular Hbond substituents is 1. The van der Waals surface area contributed by atoms with Gasteiger partial charge in [-0.1, -0.05) is 12.1 Å². The molecule has 106 valence electrons. The van der Waals surface area contributed by atoms with E-state index in [4.69, 9.17) is 9.47 Å². The van der Waals surface area contributed by atoms with Crippen LogP contribution in [0.1, 0.15) is 30.5 Å². The highest BCUT2D eigenvalue weighted by Gasteiger charge is 2.32. The van der Waals surface area contributed by atoms with Gasteiger partial charge < -0.3 is 19.9 Å². The smallest absolute Gasteiger partial charge is 0.163 e. The normalized spacial score (nSPS) is 21.8. The summed E-state index contributed by atoms with van der Waals surface area (Å²) in [6.07, 6.45) is 0.106. The standard InChI is InChI=1S/C15H23NO3/c1-10-5-12(6-11(2)14(10)17)7-16-8-13-9-18-15(3,4)19-13/h5-6,13,16-17H,7-9H2,1-4H3. The van der Waals surface area contributed by atoms with Crippen molar-refractivity contribution in [2.24, 2.45) is 0 Å². The van der Waals surface area contributed by atoms with Gasteiger partial charge in [0.1, 0.15) is 5.75 Å². The first-order valence-corrected chi connectivity index (χ1v) is 6.69. The Bertz CT molecular complexity index is 434. The van der Waals surface area contributed by atoms with Crippen molar-refractivity contribution < 1.29 is 14.6 Å². The van der Waals surface area contributed by atoms with Crippen molar-refractivity contribution in [3.63, 3.8) is 0 Å². The molecule has 0 aromatic heterocycles. The van der Waals surface area contributed by atoms with Gasteiger partial charge in [-0.2, -0.15) is 0 Å². The maximum Gasteiger partial charge on any atom is 0.163 e. The van der Waals surface area contributed by atoms with E-state index in [2.05, 4.69) is 5.32 Å². The highest BCUT2D eigenvalue weighted by Crippen LogP contribution is 2.23. The molecule has 1 aromatic carbocycles. The van der Waals surface area contributed by atoms with Crippen molar-refractivity contribution in [2.45, 2.75) is 46.1 Å². The lowest BCUT2D eigenvalue weighted by Gasteiger charge is -2.17. The molecule has 1 atom stereocenters. The van der Waals surface area contributed by atoms with Crippen LogP contribution in [0.2, 0.25) is 0 Å². The Hall–Kier alpha value is -1.10. The van der Waals surface area contributed by atoms with Crippen LogP contribution in [0.25, 0.3) is 0 Å². The van der Waals surface area contributed by atoms with Crippen LogP contribution in [0.4, 0.5) is 0 Å². The van der Waals surface area contributed by atoms with Gasteiger partial charge in [0.25, 0.3) is 0 Å². The van der Waals surface area contributed by atoms with Crippen LogP contribution in [0, 0.1) is 13.8 Å². The summed E-state index contributed by atoms with van der Waals surface area (Å²) in [5.74, 6) is -0.0732. The fourth-order valence-electron chi connectivity index (χ4n) is 2.39. The number of aromatic hydroxyl groups is 1. The minimum Gasteiger partial charge on any atom is -0.507 e. The molecule has 2 N–H and O–H groups in total. The van der Waals surface area contributed by atoms with E-state index in [1.54, 1.807) is 0 Å². The second-order valence-electron chi connectivity index (χ2n) is 5.66. The van der Waals surface area contributed by atoms with Gasteiger partial charge in [0.15, 0.2) is 5.79 Å². The Kier molecular flexibility index (Phi) is 4.13. The summed E-state index contributed by atoms with van der Waals surface area (Å²) in [7, 11) is 0. The van der Waals surface area contributed by atoms with E-state index in [9.17, 15) is 5.11 Å². The van der Waals surface area contributed by atoms with Gasteiger partial charge in [0.05, 0.1) is 12.7 Å². The van der Waals surface area contributed by atoms with Gasteiger partial charge in [-0.05, 0) is 44.4 Å². The number of aryl methyl sites for hydroxylation is 2. The van der Waals surface area contributed by atoms with Crippen LogP contribution in [-0.2, 0) is 16.0 Å². The fourth-order valence-corrected chi connectivity index (χ4v) is 2.39. The minimum atomic E-state index is -0.460. The maximum absolute atomic E-state index is 9.73. The van der Waals surface area contributed by atoms with E-state index in [1.165, 1.54) is 5.56 Å². The van der Waals surface area contributed by atoms with Crippen molar-refractivity contribution in [3.8, 4) is 5.75 Å². The number of phenols is 1. The van der Waals surface area contributed by atoms with E-state index in [0.29, 0.717) is 12.4 Å². The quantitative estimate of drug-likeness (QED) is 0.876. The zero-order valence-electron chi connectivity index (χ0n) is 12.1. The van der Waals surface area contributed by atoms with E-state index < -0.39 is 5.79 Å². The van der Waals surface area contributed by atoms with Crippen LogP contribution < -0.4 is 5.32 Å². The molecular formula is C15H23NO3. The number of nitrogens with one attached hydrogen (secondary N) is 1. The van der Waals surface area contributed by atoms with Crippen molar-refractivity contribution in [1.29, 1.82) is 0 Å². The number of hydrogen-bond donors (Lipinski definition) is 2. The molecule has 19 heavy (non-hydrogen) atoms. The highest BCUT2D eigenvalue weighted by atomic mass is 16.7. The van der Waals surface area contributed by atoms with Crippen molar-refractivity contribution in [1.82, 2.24) is 5.32 Å². The molecule has 1 aliphatic heterocycles. The molecule has 0 saturated carbocycles. The molecule has 4 nitrogen and oxygen atoms in total. The molecule has 1 fully saturated rings. The first-order valence-electron chi connectivity index (χ1n) is 6.69. The molecule has 2 rings (SSSR count). The number of hydrogen-bond acceptors (Lipinski definition) is 4. The predicted octanol–water partition coefficient (Wildman–Crippen LogP) is 2.25. The molecule has 0 spiro atoms. The Balaban J connectivity index is 1.83. The van der Waals surface area contributed by atoms with Crippen LogP contribution >= 0.6 is 0 Å². The SMILES string of the molecule is Cc1cc(CNCC2COC(C)(C)O2)cc(C)c1O. The molecule has 0 bridgehead atoms. The van der Waals surface area contributed by atoms with E-state index in [-0.39, 0.29) is 6.10 Å². The van der Waals surface area contributed by atoms with Gasteiger partial charge in [0.2, 0.25) is 0 Å². The number of benzene rings is 1. The average molecular weight is 265 g/mol. The van der Waals surface area contributed by atoms with Crippen LogP contribution in [0.5, 0.6) is 5.75 Å². The first kappa shape index (κ1) is 14.3. The second-order valence-corrected chi connectivity index (χ2v) is 5.66. The van der Waals surface area contributed by atoms with Gasteiger partial charge in [-0.25, -0.2) is 0 Å². The van der Waals surface area contributed by atoms with Crippen molar-refractivity contribution >= 4 is 0 Å². The molecule has 1 aromatic rings. The summed E-state index contributed by atoms with van der Waals surface area (Å²) < 4.78 is 11.2. The molecule has 0 radical (unpaired) electrons. The van der Waals surface area contributed by atoms with Crippen molar-refractivity contribution in [3.05, 3.63) is 28.8 Å². The molecule has 1 unspecified atom stereocenters. The molecule has 4 heteroatoms. The number of rotatable bonds is 4. The third kappa shape index (κ3) is 3.69. The van der Waals surface area contributed by atoms with Gasteiger partial charge >= 0.3 is 0 Å². The van der Waals surface area contributed by atoms with E-state index in [0.717, 1.165) is 24.2 Å². The second kappa shape index (κ2) is 5.49. The molecule has 1 saturated heterocycles. The summed E-state index contributed by atoms with van der Waals surface area (Å²) in [5, 5.41) is 13.1. The molecule has 0 amide bonds. The topological polar surface area (TPSA) is 50.7 Å². The Morgan fingerprint density at radius 2 is 1.95 bits per heavy atom. The van der Waals surface area contributed by atoms with Crippen LogP contribution in [0.3, 0.4) is 0 Å². The zero-order chi connectivity index (χ0) is 14.0. The van der Waals surface area contributed by atoms with Gasteiger partial charge in [0, 0.05) is 13.1 Å². The maximum atomic E-state index is 9.73. The van der Waals surface area contributed by atoms with Crippen LogP contribution in [-0.4, -0.2) is 30.1 Å². The predicted molar refractivity (Wildman–Crippen MR) is 74.2 cm³/mol. The third-order valence-corrected chi connectivity index (χ3v) is 3.32. The van der Waals surface area contributed by atoms with Gasteiger partial charge in [-0.3, -0.25) is 0 Å². The van der Waals surface area contributed by atoms with Crippen LogP contribution in [0.15, 0.2) is 12.1 Å². The molecule has 0 aliphatic carbocycles. The summed E-state index contributed by atoms with van der Waals surface area (Å²) in [5.41, 5.74) is 3.00. The summed E-state index contributed by atoms with van der Waals surface area (Å²) in [4.78, 5) is 0. The summed E-state index contributed by atoms with van der Waals surface area (Å²) >= 11 is 0. The lowest BCUT2D eigenvalue weighted by molar-refractivity contribution is -0.137. The highest BCUT2D eigenvalue weighted by molar-refractivity contribution is 5.42. The first-order chi connectivity index (χ1) is 8.87. The van der Waals surface area contributed by atoms with Gasteiger partial charge in [-0.15, -0.1) is 0 Å². The Labute approximate surface area is 114 Å². The van der Waals surface area contributed by atoms with Crippen molar-refractivity contribution in [2.75, 3.05) is 13.2 Å². The lowest BCUT2D eigenvalue weighted by Crippen LogP contribution is -2.30. The fraction of sp³-hybridized carbons (Fsp3) is 0.600. The Morgan fingerprint density at radius 1 is 1.32 bits per heavy atom. The number of ether oxygens (including phenoxy) is 2. The summed E-state index contributed by atoms with van der Waals surface area (Å²) in [6.45, 7) is 9.86. The Morgan fingerprint density at radius 3 is 2.47 bits per heavy atom.